The third-order valence-electron chi connectivity index (χ3n) is 3.40. The highest BCUT2D eigenvalue weighted by atomic mass is 16.6. The molecular formula is C16H16N2O6. The van der Waals surface area contributed by atoms with Crippen molar-refractivity contribution < 1.29 is 24.0 Å². The van der Waals surface area contributed by atoms with Crippen LogP contribution in [0.1, 0.15) is 39.3 Å². The van der Waals surface area contributed by atoms with Crippen LogP contribution in [0.25, 0.3) is 0 Å². The number of rotatable bonds is 8. The van der Waals surface area contributed by atoms with Gasteiger partial charge in [0.2, 0.25) is 0 Å². The summed E-state index contributed by atoms with van der Waals surface area (Å²) in [5, 5.41) is 22.0. The molecule has 1 heterocycles. The number of nitro groups is 1. The predicted octanol–water partition coefficient (Wildman–Crippen LogP) is 2.64. The number of hydrogen-bond acceptors (Lipinski definition) is 5. The molecule has 0 atom stereocenters. The number of carbonyl (C=O) groups excluding carboxylic acids is 1. The van der Waals surface area contributed by atoms with Crippen LogP contribution >= 0.6 is 0 Å². The number of unbranched alkanes of at least 4 members (excludes halogenated alkanes) is 1. The molecule has 0 radical (unpaired) electrons. The number of amides is 1. The van der Waals surface area contributed by atoms with E-state index >= 15 is 0 Å². The topological polar surface area (TPSA) is 123 Å². The van der Waals surface area contributed by atoms with Crippen LogP contribution in [0.2, 0.25) is 0 Å². The molecule has 2 aromatic rings. The van der Waals surface area contributed by atoms with Crippen molar-refractivity contribution in [2.75, 3.05) is 6.54 Å². The normalized spacial score (nSPS) is 10.3. The quantitative estimate of drug-likeness (QED) is 0.435. The zero-order valence-electron chi connectivity index (χ0n) is 12.7. The predicted molar refractivity (Wildman–Crippen MR) is 84.0 cm³/mol. The van der Waals surface area contributed by atoms with Crippen molar-refractivity contribution in [1.29, 1.82) is 0 Å². The average molecular weight is 332 g/mol. The summed E-state index contributed by atoms with van der Waals surface area (Å²) in [5.74, 6) is -1.65. The number of carboxylic acid groups (broad SMARTS) is 1. The third kappa shape index (κ3) is 4.67. The minimum absolute atomic E-state index is 0.0391. The van der Waals surface area contributed by atoms with E-state index in [0.717, 1.165) is 31.1 Å². The Bertz CT molecular complexity index is 735. The molecule has 0 aliphatic heterocycles. The smallest absolute Gasteiger partial charge is 0.338 e. The Hall–Kier alpha value is -3.16. The Morgan fingerprint density at radius 3 is 2.50 bits per heavy atom. The van der Waals surface area contributed by atoms with Crippen molar-refractivity contribution in [2.45, 2.75) is 19.3 Å². The lowest BCUT2D eigenvalue weighted by Crippen LogP contribution is -2.24. The van der Waals surface area contributed by atoms with Gasteiger partial charge in [0, 0.05) is 24.7 Å². The number of aryl methyl sites for hydroxylation is 1. The highest BCUT2D eigenvalue weighted by Gasteiger charge is 2.13. The number of carboxylic acids is 1. The number of benzene rings is 1. The van der Waals surface area contributed by atoms with Crippen molar-refractivity contribution in [2.24, 2.45) is 0 Å². The molecule has 0 unspecified atom stereocenters. The minimum atomic E-state index is -1.15. The summed E-state index contributed by atoms with van der Waals surface area (Å²) in [5.41, 5.74) is 0.979. The standard InChI is InChI=1S/C16H16N2O6/c19-15(14-9-12(10-24-14)16(20)21)17-8-2-1-3-11-4-6-13(7-5-11)18(22)23/h4-7,9-10H,1-3,8H2,(H,17,19)(H,20,21). The lowest BCUT2D eigenvalue weighted by Gasteiger charge is -2.03. The van der Waals surface area contributed by atoms with E-state index in [4.69, 9.17) is 9.52 Å². The van der Waals surface area contributed by atoms with Gasteiger partial charge in [0.15, 0.2) is 5.76 Å². The fourth-order valence-corrected chi connectivity index (χ4v) is 2.09. The van der Waals surface area contributed by atoms with E-state index in [2.05, 4.69) is 5.32 Å². The molecule has 126 valence electrons. The molecule has 8 nitrogen and oxygen atoms in total. The summed E-state index contributed by atoms with van der Waals surface area (Å²) in [6.45, 7) is 0.426. The first kappa shape index (κ1) is 17.2. The second-order valence-corrected chi connectivity index (χ2v) is 5.14. The van der Waals surface area contributed by atoms with Gasteiger partial charge in [-0.15, -0.1) is 0 Å². The van der Waals surface area contributed by atoms with Crippen LogP contribution in [0.3, 0.4) is 0 Å². The number of nitrogens with zero attached hydrogens (tertiary/aromatic N) is 1. The molecule has 2 N–H and O–H groups in total. The van der Waals surface area contributed by atoms with Crippen LogP contribution < -0.4 is 5.32 Å². The van der Waals surface area contributed by atoms with Crippen LogP contribution in [-0.4, -0.2) is 28.5 Å². The lowest BCUT2D eigenvalue weighted by molar-refractivity contribution is -0.384. The summed E-state index contributed by atoms with van der Waals surface area (Å²) in [7, 11) is 0. The molecule has 0 saturated heterocycles. The zero-order chi connectivity index (χ0) is 17.5. The Morgan fingerprint density at radius 2 is 1.92 bits per heavy atom. The lowest BCUT2D eigenvalue weighted by atomic mass is 10.1. The molecule has 0 aliphatic rings. The molecule has 1 aromatic heterocycles. The van der Waals surface area contributed by atoms with Gasteiger partial charge in [0.1, 0.15) is 6.26 Å². The van der Waals surface area contributed by atoms with E-state index in [0.29, 0.717) is 6.54 Å². The molecule has 1 amide bonds. The summed E-state index contributed by atoms with van der Waals surface area (Å²) in [4.78, 5) is 32.6. The number of non-ortho nitro benzene ring substituents is 1. The molecule has 0 saturated carbocycles. The number of aromatic carboxylic acids is 1. The Balaban J connectivity index is 1.69. The number of hydrogen-bond donors (Lipinski definition) is 2. The molecule has 0 aliphatic carbocycles. The summed E-state index contributed by atoms with van der Waals surface area (Å²) < 4.78 is 4.90. The van der Waals surface area contributed by atoms with Gasteiger partial charge in [-0.25, -0.2) is 4.79 Å². The van der Waals surface area contributed by atoms with E-state index in [-0.39, 0.29) is 17.0 Å². The average Bonchev–Trinajstić information content (AvgIpc) is 3.05. The maximum Gasteiger partial charge on any atom is 0.338 e. The number of furan rings is 1. The highest BCUT2D eigenvalue weighted by Crippen LogP contribution is 2.13. The largest absolute Gasteiger partial charge is 0.478 e. The van der Waals surface area contributed by atoms with E-state index in [1.165, 1.54) is 18.2 Å². The Kier molecular flexibility index (Phi) is 5.67. The number of nitrogens with one attached hydrogen (secondary N) is 1. The van der Waals surface area contributed by atoms with Crippen molar-refractivity contribution in [3.63, 3.8) is 0 Å². The fraction of sp³-hybridized carbons (Fsp3) is 0.250. The molecule has 0 fully saturated rings. The molecule has 1 aromatic carbocycles. The van der Waals surface area contributed by atoms with Gasteiger partial charge in [-0.3, -0.25) is 14.9 Å². The van der Waals surface area contributed by atoms with Gasteiger partial charge < -0.3 is 14.8 Å². The van der Waals surface area contributed by atoms with Crippen LogP contribution in [-0.2, 0) is 6.42 Å². The van der Waals surface area contributed by atoms with Crippen molar-refractivity contribution in [1.82, 2.24) is 5.32 Å². The number of nitro benzene ring substituents is 1. The van der Waals surface area contributed by atoms with Crippen LogP contribution in [0.5, 0.6) is 0 Å². The van der Waals surface area contributed by atoms with E-state index in [1.54, 1.807) is 12.1 Å². The van der Waals surface area contributed by atoms with Crippen LogP contribution in [0.4, 0.5) is 5.69 Å². The van der Waals surface area contributed by atoms with Gasteiger partial charge in [-0.05, 0) is 24.8 Å². The van der Waals surface area contributed by atoms with Gasteiger partial charge in [-0.1, -0.05) is 12.1 Å². The second kappa shape index (κ2) is 7.91. The molecule has 24 heavy (non-hydrogen) atoms. The second-order valence-electron chi connectivity index (χ2n) is 5.14. The summed E-state index contributed by atoms with van der Waals surface area (Å²) in [6.07, 6.45) is 3.29. The molecule has 0 spiro atoms. The van der Waals surface area contributed by atoms with Crippen LogP contribution in [0.15, 0.2) is 41.0 Å². The number of carbonyl (C=O) groups is 2. The van der Waals surface area contributed by atoms with Gasteiger partial charge in [0.05, 0.1) is 10.5 Å². The molecule has 8 heteroatoms. The minimum Gasteiger partial charge on any atom is -0.478 e. The maximum absolute atomic E-state index is 11.8. The first-order valence-electron chi connectivity index (χ1n) is 7.30. The zero-order valence-corrected chi connectivity index (χ0v) is 12.7. The molecule has 0 bridgehead atoms. The van der Waals surface area contributed by atoms with E-state index in [1.807, 2.05) is 0 Å². The SMILES string of the molecule is O=C(O)c1coc(C(=O)NCCCCc2ccc([N+](=O)[O-])cc2)c1. The van der Waals surface area contributed by atoms with Gasteiger partial charge in [0.25, 0.3) is 11.6 Å². The molecular weight excluding hydrogens is 316 g/mol. The Labute approximate surface area is 137 Å². The fourth-order valence-electron chi connectivity index (χ4n) is 2.09. The van der Waals surface area contributed by atoms with Gasteiger partial charge in [-0.2, -0.15) is 0 Å². The van der Waals surface area contributed by atoms with Crippen LogP contribution in [0, 0.1) is 10.1 Å². The summed E-state index contributed by atoms with van der Waals surface area (Å²) in [6, 6.07) is 7.54. The first-order valence-corrected chi connectivity index (χ1v) is 7.30. The van der Waals surface area contributed by atoms with Crippen molar-refractivity contribution in [3.8, 4) is 0 Å². The Morgan fingerprint density at radius 1 is 1.21 bits per heavy atom. The monoisotopic (exact) mass is 332 g/mol. The van der Waals surface area contributed by atoms with Gasteiger partial charge >= 0.3 is 5.97 Å². The highest BCUT2D eigenvalue weighted by molar-refractivity contribution is 5.95. The first-order chi connectivity index (χ1) is 11.5. The summed E-state index contributed by atoms with van der Waals surface area (Å²) >= 11 is 0. The maximum atomic E-state index is 11.8. The molecule has 2 rings (SSSR count). The van der Waals surface area contributed by atoms with E-state index < -0.39 is 16.8 Å². The van der Waals surface area contributed by atoms with E-state index in [9.17, 15) is 19.7 Å². The van der Waals surface area contributed by atoms with Crippen molar-refractivity contribution >= 4 is 17.6 Å². The third-order valence-corrected chi connectivity index (χ3v) is 3.40. The van der Waals surface area contributed by atoms with Crippen molar-refractivity contribution in [3.05, 3.63) is 63.6 Å².